The van der Waals surface area contributed by atoms with Crippen molar-refractivity contribution in [1.29, 1.82) is 0 Å². The van der Waals surface area contributed by atoms with Gasteiger partial charge in [0.05, 0.1) is 6.04 Å². The maximum atomic E-state index is 12.2. The molecule has 9 heteroatoms. The largest absolute Gasteiger partial charge is 0.377 e. The number of aliphatic hydroxyl groups excluding tert-OH is 1. The topological polar surface area (TPSA) is 86.9 Å². The van der Waals surface area contributed by atoms with Crippen LogP contribution in [0.25, 0.3) is 0 Å². The van der Waals surface area contributed by atoms with Crippen molar-refractivity contribution in [2.75, 3.05) is 32.7 Å². The second-order valence-electron chi connectivity index (χ2n) is 6.90. The van der Waals surface area contributed by atoms with Gasteiger partial charge in [-0.05, 0) is 35.4 Å². The van der Waals surface area contributed by atoms with E-state index in [1.165, 1.54) is 4.90 Å². The van der Waals surface area contributed by atoms with Crippen LogP contribution in [0.3, 0.4) is 0 Å². The van der Waals surface area contributed by atoms with Crippen LogP contribution in [0.4, 0.5) is 0 Å². The number of benzene rings is 2. The lowest BCUT2D eigenvalue weighted by Gasteiger charge is -2.40. The molecule has 1 atom stereocenters. The van der Waals surface area contributed by atoms with Crippen LogP contribution in [-0.4, -0.2) is 64.6 Å². The molecule has 1 fully saturated rings. The molecule has 3 rings (SSSR count). The quantitative estimate of drug-likeness (QED) is 0.554. The van der Waals surface area contributed by atoms with E-state index in [0.717, 1.165) is 11.1 Å². The molecule has 1 aliphatic rings. The van der Waals surface area contributed by atoms with Gasteiger partial charge in [-0.25, -0.2) is 0 Å². The smallest absolute Gasteiger partial charge is 0.258 e. The van der Waals surface area contributed by atoms with Crippen molar-refractivity contribution in [3.63, 3.8) is 0 Å². The highest BCUT2D eigenvalue weighted by molar-refractivity contribution is 6.30. The Balaban J connectivity index is 1.76. The molecule has 0 radical (unpaired) electrons. The Morgan fingerprint density at radius 1 is 0.966 bits per heavy atom. The van der Waals surface area contributed by atoms with Crippen LogP contribution >= 0.6 is 23.2 Å². The maximum absolute atomic E-state index is 12.2. The van der Waals surface area contributed by atoms with Gasteiger partial charge < -0.3 is 10.0 Å². The van der Waals surface area contributed by atoms with E-state index >= 15 is 0 Å². The lowest BCUT2D eigenvalue weighted by atomic mass is 9.96. The number of aliphatic hydroxyl groups is 1. The van der Waals surface area contributed by atoms with Crippen molar-refractivity contribution >= 4 is 29.1 Å². The number of carbonyl (C=O) groups is 1. The third-order valence-corrected chi connectivity index (χ3v) is 5.47. The zero-order valence-electron chi connectivity index (χ0n) is 15.6. The number of piperazine rings is 1. The van der Waals surface area contributed by atoms with Crippen LogP contribution in [0, 0.1) is 10.1 Å². The van der Waals surface area contributed by atoms with E-state index in [1.54, 1.807) is 0 Å². The summed E-state index contributed by atoms with van der Waals surface area (Å²) in [6.45, 7) is 1.10. The van der Waals surface area contributed by atoms with Crippen molar-refractivity contribution in [2.45, 2.75) is 12.1 Å². The van der Waals surface area contributed by atoms with Crippen molar-refractivity contribution in [2.24, 2.45) is 0 Å². The van der Waals surface area contributed by atoms with E-state index in [-0.39, 0.29) is 6.04 Å². The van der Waals surface area contributed by atoms with E-state index < -0.39 is 23.5 Å². The van der Waals surface area contributed by atoms with E-state index in [4.69, 9.17) is 23.2 Å². The highest BCUT2D eigenvalue weighted by Gasteiger charge is 2.32. The molecule has 0 aliphatic carbocycles. The molecule has 2 aromatic carbocycles. The first-order valence-electron chi connectivity index (χ1n) is 9.19. The molecule has 1 heterocycles. The first-order valence-corrected chi connectivity index (χ1v) is 9.94. The number of nitrogens with zero attached hydrogens (tertiary/aromatic N) is 3. The van der Waals surface area contributed by atoms with Gasteiger partial charge in [0.2, 0.25) is 6.54 Å². The van der Waals surface area contributed by atoms with Gasteiger partial charge in [-0.2, -0.15) is 0 Å². The Bertz CT molecular complexity index is 808. The van der Waals surface area contributed by atoms with Crippen LogP contribution in [-0.2, 0) is 4.79 Å². The first kappa shape index (κ1) is 21.5. The standard InChI is InChI=1S/C20H21Cl2N3O4/c21-16-5-1-14(2-6-16)19(15-3-7-17(22)8-4-15)23-9-11-24(12-10-23)20(27)18(26)13-25(28)29/h1-8,18-19,26H,9-13H2. The van der Waals surface area contributed by atoms with Crippen LogP contribution in [0.15, 0.2) is 48.5 Å². The third kappa shape index (κ3) is 5.45. The Hall–Kier alpha value is -2.19. The van der Waals surface area contributed by atoms with Crippen LogP contribution in [0.2, 0.25) is 10.0 Å². The summed E-state index contributed by atoms with van der Waals surface area (Å²) in [6.07, 6.45) is -1.61. The number of hydrogen-bond acceptors (Lipinski definition) is 5. The van der Waals surface area contributed by atoms with Crippen LogP contribution in [0.5, 0.6) is 0 Å². The van der Waals surface area contributed by atoms with Crippen LogP contribution < -0.4 is 0 Å². The Kier molecular flexibility index (Phi) is 7.08. The van der Waals surface area contributed by atoms with Gasteiger partial charge in [0, 0.05) is 41.1 Å². The summed E-state index contributed by atoms with van der Waals surface area (Å²) < 4.78 is 0. The second kappa shape index (κ2) is 9.54. The first-order chi connectivity index (χ1) is 13.8. The van der Waals surface area contributed by atoms with Crippen molar-refractivity contribution in [3.8, 4) is 0 Å². The summed E-state index contributed by atoms with van der Waals surface area (Å²) in [5.41, 5.74) is 2.12. The molecule has 7 nitrogen and oxygen atoms in total. The molecular formula is C20H21Cl2N3O4. The second-order valence-corrected chi connectivity index (χ2v) is 7.77. The number of rotatable bonds is 6. The third-order valence-electron chi connectivity index (χ3n) is 4.97. The lowest BCUT2D eigenvalue weighted by molar-refractivity contribution is -0.487. The summed E-state index contributed by atoms with van der Waals surface area (Å²) in [6, 6.07) is 15.2. The highest BCUT2D eigenvalue weighted by Crippen LogP contribution is 2.31. The minimum absolute atomic E-state index is 0.0505. The van der Waals surface area contributed by atoms with Gasteiger partial charge >= 0.3 is 0 Å². The Morgan fingerprint density at radius 2 is 1.41 bits per heavy atom. The fraction of sp³-hybridized carbons (Fsp3) is 0.350. The van der Waals surface area contributed by atoms with Gasteiger partial charge in [0.15, 0.2) is 6.10 Å². The van der Waals surface area contributed by atoms with Gasteiger partial charge in [0.1, 0.15) is 0 Å². The molecule has 1 amide bonds. The van der Waals surface area contributed by atoms with Crippen LogP contribution in [0.1, 0.15) is 17.2 Å². The molecule has 29 heavy (non-hydrogen) atoms. The number of carbonyl (C=O) groups excluding carboxylic acids is 1. The molecule has 1 saturated heterocycles. The predicted molar refractivity (Wildman–Crippen MR) is 111 cm³/mol. The maximum Gasteiger partial charge on any atom is 0.258 e. The summed E-state index contributed by atoms with van der Waals surface area (Å²) in [4.78, 5) is 25.8. The number of hydrogen-bond donors (Lipinski definition) is 1. The average molecular weight is 438 g/mol. The van der Waals surface area contributed by atoms with Gasteiger partial charge in [0.25, 0.3) is 5.91 Å². The minimum atomic E-state index is -1.61. The van der Waals surface area contributed by atoms with E-state index in [2.05, 4.69) is 4.90 Å². The minimum Gasteiger partial charge on any atom is -0.377 e. The number of amides is 1. The summed E-state index contributed by atoms with van der Waals surface area (Å²) >= 11 is 12.1. The van der Waals surface area contributed by atoms with Gasteiger partial charge in [-0.15, -0.1) is 0 Å². The summed E-state index contributed by atoms with van der Waals surface area (Å²) in [5, 5.41) is 21.6. The molecule has 0 saturated carbocycles. The summed E-state index contributed by atoms with van der Waals surface area (Å²) in [5.74, 6) is -0.601. The monoisotopic (exact) mass is 437 g/mol. The van der Waals surface area contributed by atoms with E-state index in [0.29, 0.717) is 36.2 Å². The Morgan fingerprint density at radius 3 is 1.83 bits per heavy atom. The predicted octanol–water partition coefficient (Wildman–Crippen LogP) is 2.86. The molecule has 0 aromatic heterocycles. The van der Waals surface area contributed by atoms with Gasteiger partial charge in [-0.1, -0.05) is 47.5 Å². The number of halogens is 2. The fourth-order valence-corrected chi connectivity index (χ4v) is 3.79. The van der Waals surface area contributed by atoms with Crippen molar-refractivity contribution in [1.82, 2.24) is 9.80 Å². The SMILES string of the molecule is O=C(C(O)C[N+](=O)[O-])N1CCN(C(c2ccc(Cl)cc2)c2ccc(Cl)cc2)CC1. The van der Waals surface area contributed by atoms with E-state index in [9.17, 15) is 20.0 Å². The molecule has 0 bridgehead atoms. The molecule has 0 spiro atoms. The van der Waals surface area contributed by atoms with Crippen molar-refractivity contribution < 1.29 is 14.8 Å². The Labute approximate surface area is 178 Å². The zero-order chi connectivity index (χ0) is 21.0. The number of nitro groups is 1. The lowest BCUT2D eigenvalue weighted by Crippen LogP contribution is -2.53. The highest BCUT2D eigenvalue weighted by atomic mass is 35.5. The fourth-order valence-electron chi connectivity index (χ4n) is 3.53. The summed E-state index contributed by atoms with van der Waals surface area (Å²) in [7, 11) is 0. The average Bonchev–Trinajstić information content (AvgIpc) is 2.70. The van der Waals surface area contributed by atoms with E-state index in [1.807, 2.05) is 48.5 Å². The molecule has 1 aliphatic heterocycles. The molecular weight excluding hydrogens is 417 g/mol. The molecule has 154 valence electrons. The molecule has 1 N–H and O–H groups in total. The zero-order valence-corrected chi connectivity index (χ0v) is 17.1. The molecule has 1 unspecified atom stereocenters. The van der Waals surface area contributed by atoms with Gasteiger partial charge in [-0.3, -0.25) is 19.8 Å². The normalized spacial score (nSPS) is 16.1. The van der Waals surface area contributed by atoms with Crippen molar-refractivity contribution in [3.05, 3.63) is 79.8 Å². The molecule has 2 aromatic rings.